The van der Waals surface area contributed by atoms with Crippen molar-refractivity contribution >= 4 is 23.3 Å². The van der Waals surface area contributed by atoms with Crippen LogP contribution in [0.15, 0.2) is 24.3 Å². The van der Waals surface area contributed by atoms with Gasteiger partial charge in [0.1, 0.15) is 24.7 Å². The first-order chi connectivity index (χ1) is 19.7. The highest BCUT2D eigenvalue weighted by atomic mass is 32.2. The smallest absolute Gasteiger partial charge is 0.161 e. The Kier molecular flexibility index (Phi) is 22.0. The van der Waals surface area contributed by atoms with Gasteiger partial charge in [-0.05, 0) is 70.0 Å². The van der Waals surface area contributed by atoms with Gasteiger partial charge in [0.05, 0.1) is 31.7 Å². The standard InChI is InChI=1S/C32H56N2O6S/c1-25(2)33-15-7-8-17-37-19-20-38-21-22-39-24-32(36)26(3)9-10-27(4)34-16-18-40-30-13-11-29(12-14-30)23-31(35)28(5)41-6/h11-14,25-28,33-34H,7-10,15-24H2,1-6H3. The van der Waals surface area contributed by atoms with Gasteiger partial charge in [-0.2, -0.15) is 11.8 Å². The zero-order valence-electron chi connectivity index (χ0n) is 26.4. The van der Waals surface area contributed by atoms with Crippen molar-refractivity contribution < 1.29 is 28.5 Å². The number of carbonyl (C=O) groups excluding carboxylic acids is 2. The van der Waals surface area contributed by atoms with E-state index in [9.17, 15) is 9.59 Å². The van der Waals surface area contributed by atoms with Gasteiger partial charge in [0.2, 0.25) is 0 Å². The fraction of sp³-hybridized carbons (Fsp3) is 0.750. The maximum atomic E-state index is 12.4. The summed E-state index contributed by atoms with van der Waals surface area (Å²) in [6, 6.07) is 8.56. The minimum atomic E-state index is -0.0372. The molecule has 0 aromatic heterocycles. The highest BCUT2D eigenvalue weighted by Crippen LogP contribution is 2.15. The van der Waals surface area contributed by atoms with Gasteiger partial charge in [0.25, 0.3) is 0 Å². The molecule has 8 nitrogen and oxygen atoms in total. The lowest BCUT2D eigenvalue weighted by atomic mass is 9.98. The van der Waals surface area contributed by atoms with E-state index in [1.807, 2.05) is 44.4 Å². The van der Waals surface area contributed by atoms with Crippen LogP contribution in [0, 0.1) is 5.92 Å². The van der Waals surface area contributed by atoms with Crippen molar-refractivity contribution in [2.24, 2.45) is 5.92 Å². The van der Waals surface area contributed by atoms with Crippen LogP contribution in [-0.2, 0) is 30.2 Å². The fourth-order valence-corrected chi connectivity index (χ4v) is 4.24. The topological polar surface area (TPSA) is 95.1 Å². The molecule has 0 fully saturated rings. The van der Waals surface area contributed by atoms with Gasteiger partial charge in [-0.1, -0.05) is 32.9 Å². The van der Waals surface area contributed by atoms with Crippen LogP contribution < -0.4 is 15.4 Å². The third-order valence-electron chi connectivity index (χ3n) is 6.81. The summed E-state index contributed by atoms with van der Waals surface area (Å²) in [5.41, 5.74) is 1.01. The van der Waals surface area contributed by atoms with Crippen molar-refractivity contribution in [1.29, 1.82) is 0 Å². The normalized spacial score (nSPS) is 13.7. The van der Waals surface area contributed by atoms with E-state index in [4.69, 9.17) is 18.9 Å². The zero-order valence-corrected chi connectivity index (χ0v) is 27.2. The van der Waals surface area contributed by atoms with Crippen molar-refractivity contribution in [3.63, 3.8) is 0 Å². The lowest BCUT2D eigenvalue weighted by Crippen LogP contribution is -2.31. The Morgan fingerprint density at radius 2 is 1.41 bits per heavy atom. The second kappa shape index (κ2) is 24.0. The molecule has 1 aromatic carbocycles. The van der Waals surface area contributed by atoms with Crippen LogP contribution in [0.5, 0.6) is 5.75 Å². The monoisotopic (exact) mass is 596 g/mol. The number of benzene rings is 1. The SMILES string of the molecule is CSC(C)C(=O)Cc1ccc(OCCNC(C)CCC(C)C(=O)COCCOCCOCCCCNC(C)C)cc1. The van der Waals surface area contributed by atoms with Crippen molar-refractivity contribution in [1.82, 2.24) is 10.6 Å². The van der Waals surface area contributed by atoms with Crippen molar-refractivity contribution in [2.75, 3.05) is 65.6 Å². The number of Topliss-reactive ketones (excluding diaryl/α,β-unsaturated/α-hetero) is 2. The predicted molar refractivity (Wildman–Crippen MR) is 169 cm³/mol. The molecule has 2 N–H and O–H groups in total. The molecule has 41 heavy (non-hydrogen) atoms. The molecule has 0 radical (unpaired) electrons. The van der Waals surface area contributed by atoms with Gasteiger partial charge >= 0.3 is 0 Å². The summed E-state index contributed by atoms with van der Waals surface area (Å²) in [5.74, 6) is 1.13. The summed E-state index contributed by atoms with van der Waals surface area (Å²) in [4.78, 5) is 24.5. The van der Waals surface area contributed by atoms with E-state index in [-0.39, 0.29) is 35.4 Å². The molecule has 3 atom stereocenters. The molecule has 0 amide bonds. The summed E-state index contributed by atoms with van der Waals surface area (Å²) < 4.78 is 22.4. The number of hydrogen-bond acceptors (Lipinski definition) is 9. The summed E-state index contributed by atoms with van der Waals surface area (Å²) in [7, 11) is 0. The molecule has 1 aromatic rings. The van der Waals surface area contributed by atoms with Gasteiger partial charge in [-0.3, -0.25) is 9.59 Å². The van der Waals surface area contributed by atoms with E-state index in [1.165, 1.54) is 0 Å². The summed E-state index contributed by atoms with van der Waals surface area (Å²) >= 11 is 1.57. The van der Waals surface area contributed by atoms with Gasteiger partial charge < -0.3 is 29.6 Å². The number of rotatable bonds is 27. The first-order valence-corrected chi connectivity index (χ1v) is 16.5. The van der Waals surface area contributed by atoms with Crippen LogP contribution in [0.25, 0.3) is 0 Å². The molecule has 236 valence electrons. The van der Waals surface area contributed by atoms with Gasteiger partial charge in [-0.25, -0.2) is 0 Å². The van der Waals surface area contributed by atoms with Crippen LogP contribution in [-0.4, -0.2) is 94.5 Å². The Balaban J connectivity index is 2.00. The first-order valence-electron chi connectivity index (χ1n) is 15.2. The van der Waals surface area contributed by atoms with E-state index in [2.05, 4.69) is 31.4 Å². The fourth-order valence-electron chi connectivity index (χ4n) is 3.89. The molecule has 0 saturated heterocycles. The number of ether oxygens (including phenoxy) is 4. The number of thioether (sulfide) groups is 1. The molecule has 3 unspecified atom stereocenters. The summed E-state index contributed by atoms with van der Waals surface area (Å²) in [6.07, 6.45) is 6.29. The van der Waals surface area contributed by atoms with E-state index >= 15 is 0 Å². The number of hydrogen-bond donors (Lipinski definition) is 2. The van der Waals surface area contributed by atoms with E-state index < -0.39 is 0 Å². The minimum Gasteiger partial charge on any atom is -0.492 e. The molecule has 9 heteroatoms. The van der Waals surface area contributed by atoms with Crippen LogP contribution in [0.1, 0.15) is 65.9 Å². The Morgan fingerprint density at radius 1 is 0.756 bits per heavy atom. The van der Waals surface area contributed by atoms with E-state index in [1.54, 1.807) is 11.8 Å². The highest BCUT2D eigenvalue weighted by Gasteiger charge is 2.15. The third kappa shape index (κ3) is 20.1. The average Bonchev–Trinajstić information content (AvgIpc) is 2.96. The first kappa shape index (κ1) is 37.5. The minimum absolute atomic E-state index is 0.0204. The number of nitrogens with one attached hydrogen (secondary N) is 2. The molecule has 0 aliphatic carbocycles. The van der Waals surface area contributed by atoms with Crippen molar-refractivity contribution in [2.45, 2.75) is 84.1 Å². The van der Waals surface area contributed by atoms with Gasteiger partial charge in [-0.15, -0.1) is 0 Å². The lowest BCUT2D eigenvalue weighted by molar-refractivity contribution is -0.127. The number of carbonyl (C=O) groups is 2. The molecule has 0 aliphatic rings. The molecule has 0 saturated carbocycles. The second-order valence-electron chi connectivity index (χ2n) is 10.9. The lowest BCUT2D eigenvalue weighted by Gasteiger charge is -2.17. The predicted octanol–water partition coefficient (Wildman–Crippen LogP) is 4.72. The molecular weight excluding hydrogens is 540 g/mol. The molecule has 0 bridgehead atoms. The maximum Gasteiger partial charge on any atom is 0.161 e. The Labute approximate surface area is 253 Å². The van der Waals surface area contributed by atoms with Crippen molar-refractivity contribution in [3.8, 4) is 5.75 Å². The Bertz CT molecular complexity index is 808. The quantitative estimate of drug-likeness (QED) is 0.140. The molecule has 0 spiro atoms. The van der Waals surface area contributed by atoms with Gasteiger partial charge in [0.15, 0.2) is 5.78 Å². The van der Waals surface area contributed by atoms with Crippen LogP contribution in [0.3, 0.4) is 0 Å². The molecule has 0 heterocycles. The van der Waals surface area contributed by atoms with E-state index in [0.29, 0.717) is 45.5 Å². The second-order valence-corrected chi connectivity index (χ2v) is 12.1. The summed E-state index contributed by atoms with van der Waals surface area (Å²) in [5, 5.41) is 6.87. The molecule has 1 rings (SSSR count). The zero-order chi connectivity index (χ0) is 30.3. The van der Waals surface area contributed by atoms with Crippen LogP contribution in [0.4, 0.5) is 0 Å². The van der Waals surface area contributed by atoms with E-state index in [0.717, 1.165) is 56.7 Å². The summed E-state index contributed by atoms with van der Waals surface area (Å²) in [6.45, 7) is 15.5. The van der Waals surface area contributed by atoms with Crippen LogP contribution >= 0.6 is 11.8 Å². The Morgan fingerprint density at radius 3 is 2.07 bits per heavy atom. The largest absolute Gasteiger partial charge is 0.492 e. The average molecular weight is 597 g/mol. The van der Waals surface area contributed by atoms with Crippen molar-refractivity contribution in [3.05, 3.63) is 29.8 Å². The number of ketones is 2. The molecular formula is C32H56N2O6S. The third-order valence-corrected chi connectivity index (χ3v) is 7.78. The number of unbranched alkanes of at least 4 members (excludes halogenated alkanes) is 1. The molecule has 0 aliphatic heterocycles. The maximum absolute atomic E-state index is 12.4. The highest BCUT2D eigenvalue weighted by molar-refractivity contribution is 7.99. The van der Waals surface area contributed by atoms with Gasteiger partial charge in [0, 0.05) is 37.6 Å². The Hall–Kier alpha value is -1.49. The van der Waals surface area contributed by atoms with Crippen LogP contribution in [0.2, 0.25) is 0 Å².